The van der Waals surface area contributed by atoms with Crippen LogP contribution in [0.5, 0.6) is 0 Å². The molecule has 2 heterocycles. The number of aliphatic hydroxyl groups is 2. The minimum Gasteiger partial charge on any atom is -0.465 e. The predicted molar refractivity (Wildman–Crippen MR) is 109 cm³/mol. The van der Waals surface area contributed by atoms with Crippen molar-refractivity contribution >= 4 is 29.7 Å². The molecule has 0 aliphatic carbocycles. The van der Waals surface area contributed by atoms with Crippen LogP contribution in [-0.2, 0) is 19.2 Å². The first kappa shape index (κ1) is 25.3. The fraction of sp³-hybridized carbons (Fsp3) is 0.737. The molecular weight excluding hydrogens is 426 g/mol. The fourth-order valence-electron chi connectivity index (χ4n) is 4.09. The van der Waals surface area contributed by atoms with E-state index in [1.54, 1.807) is 0 Å². The molecule has 2 fully saturated rings. The highest BCUT2D eigenvalue weighted by atomic mass is 16.4. The summed E-state index contributed by atoms with van der Waals surface area (Å²) in [7, 11) is 0. The van der Waals surface area contributed by atoms with Gasteiger partial charge >= 0.3 is 6.09 Å². The lowest BCUT2D eigenvalue weighted by molar-refractivity contribution is -0.151. The van der Waals surface area contributed by atoms with Crippen molar-refractivity contribution in [2.24, 2.45) is 5.73 Å². The summed E-state index contributed by atoms with van der Waals surface area (Å²) in [4.78, 5) is 63.1. The second kappa shape index (κ2) is 10.6. The molecule has 5 amide bonds. The van der Waals surface area contributed by atoms with E-state index in [9.17, 15) is 34.2 Å². The van der Waals surface area contributed by atoms with Crippen LogP contribution in [0.2, 0.25) is 0 Å². The first-order valence-electron chi connectivity index (χ1n) is 10.5. The average Bonchev–Trinajstić information content (AvgIpc) is 3.40. The molecule has 0 spiro atoms. The summed E-state index contributed by atoms with van der Waals surface area (Å²) in [6.07, 6.45) is -2.83. The number of carboxylic acid groups (broad SMARTS) is 1. The number of likely N-dealkylation sites (tertiary alicyclic amines) is 2. The van der Waals surface area contributed by atoms with Crippen molar-refractivity contribution in [3.63, 3.8) is 0 Å². The second-order valence-electron chi connectivity index (χ2n) is 8.21. The highest BCUT2D eigenvalue weighted by molar-refractivity contribution is 5.94. The zero-order chi connectivity index (χ0) is 24.2. The van der Waals surface area contributed by atoms with E-state index in [2.05, 4.69) is 5.32 Å². The Labute approximate surface area is 184 Å². The van der Waals surface area contributed by atoms with Gasteiger partial charge in [0.1, 0.15) is 12.1 Å². The molecular formula is C19H31N5O8. The van der Waals surface area contributed by atoms with Crippen molar-refractivity contribution in [2.75, 3.05) is 13.1 Å². The van der Waals surface area contributed by atoms with Gasteiger partial charge in [-0.15, -0.1) is 0 Å². The number of nitrogens with zero attached hydrogens (tertiary/aromatic N) is 2. The lowest BCUT2D eigenvalue weighted by Crippen LogP contribution is -2.57. The van der Waals surface area contributed by atoms with Crippen molar-refractivity contribution in [1.82, 2.24) is 20.4 Å². The minimum absolute atomic E-state index is 0.221. The van der Waals surface area contributed by atoms with Gasteiger partial charge in [-0.25, -0.2) is 4.79 Å². The van der Waals surface area contributed by atoms with E-state index in [1.807, 2.05) is 5.32 Å². The van der Waals surface area contributed by atoms with Crippen molar-refractivity contribution < 1.29 is 39.3 Å². The van der Waals surface area contributed by atoms with Crippen LogP contribution in [0.1, 0.15) is 39.5 Å². The minimum atomic E-state index is -1.66. The fourth-order valence-corrected chi connectivity index (χ4v) is 4.09. The average molecular weight is 457 g/mol. The highest BCUT2D eigenvalue weighted by Gasteiger charge is 2.44. The molecule has 2 aliphatic heterocycles. The van der Waals surface area contributed by atoms with E-state index < -0.39 is 66.1 Å². The molecule has 13 nitrogen and oxygen atoms in total. The monoisotopic (exact) mass is 457 g/mol. The molecule has 32 heavy (non-hydrogen) atoms. The van der Waals surface area contributed by atoms with Crippen molar-refractivity contribution in [3.8, 4) is 0 Å². The number of hydrogen-bond donors (Lipinski definition) is 6. The number of hydrogen-bond acceptors (Lipinski definition) is 7. The van der Waals surface area contributed by atoms with Gasteiger partial charge in [0, 0.05) is 13.1 Å². The molecule has 0 aromatic rings. The van der Waals surface area contributed by atoms with E-state index in [-0.39, 0.29) is 6.54 Å². The maximum absolute atomic E-state index is 13.2. The standard InChI is InChI=1S/C19H31N5O8/c1-9(13(25)15(20)27)21-16(28)11-5-3-7-23(11)17(29)12-6-4-8-24(12)18(30)14(26)10(2)22-19(31)32/h9-14,22,25-26H,3-8H2,1-2H3,(H2,20,27)(H,21,28)(H,31,32)/t9-,10-,11-,12+,13+,14+/m0/s1. The quantitative estimate of drug-likeness (QED) is 0.226. The number of nitrogens with one attached hydrogen (secondary N) is 2. The summed E-state index contributed by atoms with van der Waals surface area (Å²) in [6, 6.07) is -3.73. The summed E-state index contributed by atoms with van der Waals surface area (Å²) in [5.41, 5.74) is 5.04. The topological polar surface area (TPSA) is 203 Å². The Morgan fingerprint density at radius 1 is 0.875 bits per heavy atom. The first-order valence-corrected chi connectivity index (χ1v) is 10.5. The Hall–Kier alpha value is -2.93. The van der Waals surface area contributed by atoms with Crippen LogP contribution in [0.25, 0.3) is 0 Å². The molecule has 0 aromatic carbocycles. The van der Waals surface area contributed by atoms with Crippen LogP contribution in [0, 0.1) is 0 Å². The third-order valence-electron chi connectivity index (χ3n) is 5.87. The van der Waals surface area contributed by atoms with E-state index in [0.717, 1.165) is 0 Å². The number of primary amides is 1. The Morgan fingerprint density at radius 3 is 1.97 bits per heavy atom. The molecule has 2 rings (SSSR count). The van der Waals surface area contributed by atoms with Gasteiger partial charge in [0.15, 0.2) is 12.2 Å². The first-order chi connectivity index (χ1) is 15.0. The van der Waals surface area contributed by atoms with Gasteiger partial charge in [-0.1, -0.05) is 0 Å². The van der Waals surface area contributed by atoms with E-state index in [0.29, 0.717) is 32.2 Å². The lowest BCUT2D eigenvalue weighted by Gasteiger charge is -2.33. The van der Waals surface area contributed by atoms with Gasteiger partial charge in [0.05, 0.1) is 12.1 Å². The Kier molecular flexibility index (Phi) is 8.38. The zero-order valence-electron chi connectivity index (χ0n) is 18.1. The molecule has 0 radical (unpaired) electrons. The molecule has 13 heteroatoms. The second-order valence-corrected chi connectivity index (χ2v) is 8.21. The van der Waals surface area contributed by atoms with Gasteiger partial charge in [-0.3, -0.25) is 19.2 Å². The van der Waals surface area contributed by atoms with Gasteiger partial charge < -0.3 is 41.5 Å². The van der Waals surface area contributed by atoms with Gasteiger partial charge in [-0.05, 0) is 39.5 Å². The third kappa shape index (κ3) is 5.65. The summed E-state index contributed by atoms with van der Waals surface area (Å²) in [5, 5.41) is 33.2. The largest absolute Gasteiger partial charge is 0.465 e. The maximum atomic E-state index is 13.2. The summed E-state index contributed by atoms with van der Waals surface area (Å²) < 4.78 is 0. The third-order valence-corrected chi connectivity index (χ3v) is 5.87. The number of carbonyl (C=O) groups is 5. The molecule has 7 N–H and O–H groups in total. The van der Waals surface area contributed by atoms with Crippen molar-refractivity contribution in [3.05, 3.63) is 0 Å². The molecule has 0 bridgehead atoms. The normalized spacial score (nSPS) is 24.4. The number of nitrogens with two attached hydrogens (primary N) is 1. The zero-order valence-corrected chi connectivity index (χ0v) is 18.1. The van der Waals surface area contributed by atoms with Gasteiger partial charge in [0.25, 0.3) is 5.91 Å². The van der Waals surface area contributed by atoms with E-state index in [4.69, 9.17) is 10.8 Å². The molecule has 0 aromatic heterocycles. The molecule has 0 unspecified atom stereocenters. The molecule has 2 aliphatic rings. The van der Waals surface area contributed by atoms with Crippen LogP contribution in [0.4, 0.5) is 4.79 Å². The van der Waals surface area contributed by atoms with Crippen molar-refractivity contribution in [1.29, 1.82) is 0 Å². The number of rotatable bonds is 8. The molecule has 0 saturated carbocycles. The van der Waals surface area contributed by atoms with E-state index in [1.165, 1.54) is 23.6 Å². The Morgan fingerprint density at radius 2 is 1.41 bits per heavy atom. The Bertz CT molecular complexity index is 762. The predicted octanol–water partition coefficient (Wildman–Crippen LogP) is -2.66. The van der Waals surface area contributed by atoms with Crippen LogP contribution < -0.4 is 16.4 Å². The highest BCUT2D eigenvalue weighted by Crippen LogP contribution is 2.26. The van der Waals surface area contributed by atoms with Crippen LogP contribution in [0.3, 0.4) is 0 Å². The molecule has 180 valence electrons. The van der Waals surface area contributed by atoms with Crippen molar-refractivity contribution in [2.45, 2.75) is 75.9 Å². The summed E-state index contributed by atoms with van der Waals surface area (Å²) >= 11 is 0. The van der Waals surface area contributed by atoms with Crippen LogP contribution in [-0.4, -0.2) is 104 Å². The number of carbonyl (C=O) groups excluding carboxylic acids is 4. The van der Waals surface area contributed by atoms with Crippen LogP contribution >= 0.6 is 0 Å². The molecule has 2 saturated heterocycles. The Balaban J connectivity index is 2.07. The lowest BCUT2D eigenvalue weighted by atomic mass is 10.1. The van der Waals surface area contributed by atoms with Crippen LogP contribution in [0.15, 0.2) is 0 Å². The number of aliphatic hydroxyl groups excluding tert-OH is 2. The van der Waals surface area contributed by atoms with E-state index >= 15 is 0 Å². The maximum Gasteiger partial charge on any atom is 0.404 e. The summed E-state index contributed by atoms with van der Waals surface area (Å²) in [5.74, 6) is -2.73. The molecule has 6 atom stereocenters. The van der Waals surface area contributed by atoms with Gasteiger partial charge in [-0.2, -0.15) is 0 Å². The summed E-state index contributed by atoms with van der Waals surface area (Å²) in [6.45, 7) is 3.27. The van der Waals surface area contributed by atoms with Gasteiger partial charge in [0.2, 0.25) is 17.7 Å². The smallest absolute Gasteiger partial charge is 0.404 e. The SMILES string of the molecule is C[C@H](NC(=O)[C@@H]1CCCN1C(=O)[C@H]1CCCN1C(=O)[C@H](O)[C@H](C)NC(=O)O)[C@@H](O)C(N)=O. The number of amides is 5.